The molecule has 0 heterocycles. The van der Waals surface area contributed by atoms with Crippen LogP contribution in [0, 0.1) is 20.2 Å². The van der Waals surface area contributed by atoms with E-state index >= 15 is 0 Å². The summed E-state index contributed by atoms with van der Waals surface area (Å²) in [6.45, 7) is 6.72. The Hall–Kier alpha value is -3.56. The molecule has 0 N–H and O–H groups in total. The fourth-order valence-electron chi connectivity index (χ4n) is 7.21. The number of non-ortho nitro benzene ring substituents is 2. The van der Waals surface area contributed by atoms with Crippen LogP contribution in [0.25, 0.3) is 0 Å². The predicted octanol–water partition coefficient (Wildman–Crippen LogP) is 15.5. The van der Waals surface area contributed by atoms with Gasteiger partial charge in [0.2, 0.25) is 0 Å². The summed E-state index contributed by atoms with van der Waals surface area (Å²) < 4.78 is 24.0. The van der Waals surface area contributed by atoms with Crippen LogP contribution in [-0.4, -0.2) is 36.3 Å². The van der Waals surface area contributed by atoms with Crippen molar-refractivity contribution in [3.05, 3.63) is 56.6 Å². The predicted molar refractivity (Wildman–Crippen MR) is 238 cm³/mol. The molecule has 330 valence electrons. The van der Waals surface area contributed by atoms with E-state index in [1.807, 2.05) is 0 Å². The molecule has 0 unspecified atom stereocenters. The van der Waals surface area contributed by atoms with Crippen LogP contribution in [0.5, 0.6) is 23.0 Å². The third-order valence-corrected chi connectivity index (χ3v) is 10.8. The van der Waals surface area contributed by atoms with E-state index in [0.717, 1.165) is 51.4 Å². The van der Waals surface area contributed by atoms with Crippen LogP contribution in [0.15, 0.2) is 36.4 Å². The highest BCUT2D eigenvalue weighted by Crippen LogP contribution is 2.33. The van der Waals surface area contributed by atoms with Crippen molar-refractivity contribution >= 4 is 11.4 Å². The van der Waals surface area contributed by atoms with E-state index in [2.05, 4.69) is 13.8 Å². The average Bonchev–Trinajstić information content (AvgIpc) is 3.22. The zero-order valence-corrected chi connectivity index (χ0v) is 36.7. The number of nitrogens with zero attached hydrogens (tertiary/aromatic N) is 2. The van der Waals surface area contributed by atoms with Crippen LogP contribution in [0.4, 0.5) is 11.4 Å². The second kappa shape index (κ2) is 35.4. The molecule has 0 saturated carbocycles. The van der Waals surface area contributed by atoms with Gasteiger partial charge in [-0.25, -0.2) is 0 Å². The first-order valence-electron chi connectivity index (χ1n) is 23.5. The molecule has 10 nitrogen and oxygen atoms in total. The second-order valence-corrected chi connectivity index (χ2v) is 16.1. The van der Waals surface area contributed by atoms with Gasteiger partial charge in [0.05, 0.1) is 48.4 Å². The Kier molecular flexibility index (Phi) is 30.9. The molecule has 0 aliphatic carbocycles. The minimum absolute atomic E-state index is 0.0231. The van der Waals surface area contributed by atoms with Crippen molar-refractivity contribution in [1.82, 2.24) is 0 Å². The van der Waals surface area contributed by atoms with Crippen LogP contribution in [0.3, 0.4) is 0 Å². The van der Waals surface area contributed by atoms with Crippen molar-refractivity contribution in [2.75, 3.05) is 26.4 Å². The molecular formula is C48H80N2O8. The lowest BCUT2D eigenvalue weighted by molar-refractivity contribution is -0.385. The summed E-state index contributed by atoms with van der Waals surface area (Å²) in [6.07, 6.45) is 36.2. The number of nitro groups is 2. The van der Waals surface area contributed by atoms with Crippen LogP contribution in [-0.2, 0) is 0 Å². The van der Waals surface area contributed by atoms with Gasteiger partial charge in [-0.3, -0.25) is 20.2 Å². The number of hydrogen-bond donors (Lipinski definition) is 0. The molecule has 0 saturated heterocycles. The summed E-state index contributed by atoms with van der Waals surface area (Å²) in [6, 6.07) is 9.29. The molecule has 0 radical (unpaired) electrons. The molecule has 2 aromatic rings. The highest BCUT2D eigenvalue weighted by Gasteiger charge is 2.15. The highest BCUT2D eigenvalue weighted by atomic mass is 16.6. The molecule has 0 aromatic heterocycles. The van der Waals surface area contributed by atoms with Crippen molar-refractivity contribution in [2.24, 2.45) is 0 Å². The summed E-state index contributed by atoms with van der Waals surface area (Å²) in [5.41, 5.74) is 0.0461. The van der Waals surface area contributed by atoms with Crippen molar-refractivity contribution in [3.63, 3.8) is 0 Å². The Morgan fingerprint density at radius 2 is 0.569 bits per heavy atom. The summed E-state index contributed by atoms with van der Waals surface area (Å²) >= 11 is 0. The van der Waals surface area contributed by atoms with E-state index in [4.69, 9.17) is 18.9 Å². The molecule has 0 atom stereocenters. The van der Waals surface area contributed by atoms with Crippen molar-refractivity contribution < 1.29 is 28.8 Å². The van der Waals surface area contributed by atoms with Gasteiger partial charge in [-0.1, -0.05) is 181 Å². The van der Waals surface area contributed by atoms with Crippen LogP contribution < -0.4 is 18.9 Å². The third-order valence-electron chi connectivity index (χ3n) is 10.8. The van der Waals surface area contributed by atoms with E-state index < -0.39 is 0 Å². The maximum absolute atomic E-state index is 11.4. The molecule has 2 rings (SSSR count). The average molecular weight is 813 g/mol. The molecule has 0 amide bonds. The first-order chi connectivity index (χ1) is 28.5. The Morgan fingerprint density at radius 1 is 0.345 bits per heavy atom. The van der Waals surface area contributed by atoms with Gasteiger partial charge in [0.15, 0.2) is 23.0 Å². The van der Waals surface area contributed by atoms with E-state index in [1.54, 1.807) is 12.1 Å². The van der Waals surface area contributed by atoms with Gasteiger partial charge in [-0.15, -0.1) is 0 Å². The first kappa shape index (κ1) is 50.6. The van der Waals surface area contributed by atoms with Gasteiger partial charge in [0.1, 0.15) is 0 Å². The minimum Gasteiger partial charge on any atom is -0.490 e. The summed E-state index contributed by atoms with van der Waals surface area (Å²) in [4.78, 5) is 21.9. The first-order valence-corrected chi connectivity index (χ1v) is 23.5. The van der Waals surface area contributed by atoms with Gasteiger partial charge in [-0.2, -0.15) is 0 Å². The Bertz CT molecular complexity index is 1220. The SMILES string of the molecule is CCCCCCCCCCCCOc1cc([N+](=O)[O-])ccc1OCCCCCCCCCCCCOc1ccc([N+](=O)[O-])cc1OCCCCCCCCCCCC. The van der Waals surface area contributed by atoms with Gasteiger partial charge in [0, 0.05) is 12.1 Å². The fraction of sp³-hybridized carbons (Fsp3) is 0.750. The number of rotatable bonds is 41. The maximum Gasteiger partial charge on any atom is 0.273 e. The molecule has 2 aromatic carbocycles. The van der Waals surface area contributed by atoms with Crippen molar-refractivity contribution in [3.8, 4) is 23.0 Å². The zero-order chi connectivity index (χ0) is 41.7. The standard InChI is InChI=1S/C48H80N2O8/c1-3-5-7-9-11-13-17-23-27-31-39-57-47-41-43(49(51)52)33-35-45(47)55-37-29-25-21-19-15-16-20-22-26-30-38-56-46-36-34-44(50(53)54)42-48(46)58-40-32-28-24-18-14-12-10-8-6-4-2/h33-36,41-42H,3-32,37-40H2,1-2H3. The number of hydrogen-bond acceptors (Lipinski definition) is 8. The monoisotopic (exact) mass is 813 g/mol. The van der Waals surface area contributed by atoms with Crippen LogP contribution >= 0.6 is 0 Å². The minimum atomic E-state index is -0.388. The normalized spacial score (nSPS) is 11.1. The molecule has 0 aliphatic heterocycles. The van der Waals surface area contributed by atoms with Crippen molar-refractivity contribution in [2.45, 2.75) is 206 Å². The maximum atomic E-state index is 11.4. The summed E-state index contributed by atoms with van der Waals surface area (Å²) in [5.74, 6) is 2.11. The Balaban J connectivity index is 1.51. The summed E-state index contributed by atoms with van der Waals surface area (Å²) in [7, 11) is 0. The van der Waals surface area contributed by atoms with E-state index in [9.17, 15) is 20.2 Å². The smallest absolute Gasteiger partial charge is 0.273 e. The summed E-state index contributed by atoms with van der Waals surface area (Å²) in [5, 5.41) is 22.7. The molecular weight excluding hydrogens is 733 g/mol. The number of ether oxygens (including phenoxy) is 4. The number of unbranched alkanes of at least 4 members (excludes halogenated alkanes) is 27. The molecule has 0 fully saturated rings. The number of nitro benzene ring substituents is 2. The van der Waals surface area contributed by atoms with Gasteiger partial charge < -0.3 is 18.9 Å². The van der Waals surface area contributed by atoms with Crippen LogP contribution in [0.1, 0.15) is 206 Å². The Labute approximate surface area is 351 Å². The second-order valence-electron chi connectivity index (χ2n) is 16.1. The highest BCUT2D eigenvalue weighted by molar-refractivity contribution is 5.49. The zero-order valence-electron chi connectivity index (χ0n) is 36.7. The largest absolute Gasteiger partial charge is 0.490 e. The van der Waals surface area contributed by atoms with E-state index in [0.29, 0.717) is 49.4 Å². The quantitative estimate of drug-likeness (QED) is 0.0369. The molecule has 0 spiro atoms. The third kappa shape index (κ3) is 25.7. The van der Waals surface area contributed by atoms with Gasteiger partial charge in [0.25, 0.3) is 11.4 Å². The topological polar surface area (TPSA) is 123 Å². The molecule has 0 aliphatic rings. The number of benzene rings is 2. The van der Waals surface area contributed by atoms with Gasteiger partial charge >= 0.3 is 0 Å². The van der Waals surface area contributed by atoms with E-state index in [-0.39, 0.29) is 21.2 Å². The Morgan fingerprint density at radius 3 is 0.810 bits per heavy atom. The molecule has 58 heavy (non-hydrogen) atoms. The molecule has 0 bridgehead atoms. The van der Waals surface area contributed by atoms with E-state index in [1.165, 1.54) is 166 Å². The fourth-order valence-corrected chi connectivity index (χ4v) is 7.21. The van der Waals surface area contributed by atoms with Gasteiger partial charge in [-0.05, 0) is 37.8 Å². The lowest BCUT2D eigenvalue weighted by atomic mass is 10.1. The lowest BCUT2D eigenvalue weighted by Crippen LogP contribution is -2.03. The van der Waals surface area contributed by atoms with Crippen LogP contribution in [0.2, 0.25) is 0 Å². The molecule has 10 heteroatoms. The van der Waals surface area contributed by atoms with Crippen molar-refractivity contribution in [1.29, 1.82) is 0 Å². The lowest BCUT2D eigenvalue weighted by Gasteiger charge is -2.13.